The smallest absolute Gasteiger partial charge is 0.164 e. The zero-order chi connectivity index (χ0) is 12.7. The van der Waals surface area contributed by atoms with Gasteiger partial charge < -0.3 is 0 Å². The van der Waals surface area contributed by atoms with E-state index < -0.39 is 0 Å². The molecule has 2 aromatic rings. The van der Waals surface area contributed by atoms with Crippen molar-refractivity contribution in [2.45, 2.75) is 26.2 Å². The van der Waals surface area contributed by atoms with Gasteiger partial charge in [0.15, 0.2) is 5.78 Å². The summed E-state index contributed by atoms with van der Waals surface area (Å²) >= 11 is 0. The number of ketones is 1. The Morgan fingerprint density at radius 1 is 1.00 bits per heavy atom. The lowest BCUT2D eigenvalue weighted by molar-refractivity contribution is 0.0991. The van der Waals surface area contributed by atoms with Crippen molar-refractivity contribution < 1.29 is 4.79 Å². The zero-order valence-corrected chi connectivity index (χ0v) is 10.7. The number of carbonyl (C=O) groups excluding carboxylic acids is 1. The van der Waals surface area contributed by atoms with Crippen LogP contribution in [0.2, 0.25) is 0 Å². The minimum atomic E-state index is 0.244. The van der Waals surface area contributed by atoms with E-state index in [9.17, 15) is 4.79 Å². The molecule has 0 amide bonds. The molecule has 0 saturated heterocycles. The van der Waals surface area contributed by atoms with Gasteiger partial charge in [-0.2, -0.15) is 0 Å². The van der Waals surface area contributed by atoms with E-state index in [1.807, 2.05) is 18.2 Å². The average Bonchev–Trinajstić information content (AvgIpc) is 2.69. The van der Waals surface area contributed by atoms with E-state index in [-0.39, 0.29) is 11.7 Å². The Morgan fingerprint density at radius 2 is 1.67 bits per heavy atom. The van der Waals surface area contributed by atoms with Crippen molar-refractivity contribution in [2.75, 3.05) is 0 Å². The Labute approximate surface area is 107 Å². The number of fused-ring (bicyclic) bond motifs is 1. The van der Waals surface area contributed by atoms with Crippen LogP contribution >= 0.6 is 0 Å². The third-order valence-electron chi connectivity index (χ3n) is 3.93. The maximum atomic E-state index is 12.1. The molecular formula is C17H16O. The van der Waals surface area contributed by atoms with Crippen molar-refractivity contribution in [3.63, 3.8) is 0 Å². The second-order valence-corrected chi connectivity index (χ2v) is 5.11. The van der Waals surface area contributed by atoms with Gasteiger partial charge >= 0.3 is 0 Å². The summed E-state index contributed by atoms with van der Waals surface area (Å²) in [6.45, 7) is 4.18. The Bertz CT molecular complexity index is 611. The monoisotopic (exact) mass is 236 g/mol. The van der Waals surface area contributed by atoms with E-state index in [0.717, 1.165) is 5.56 Å². The standard InChI is InChI=1S/C17H16O/c1-11-8-15-14(13-6-4-3-5-7-13)10-17(18)16(15)9-12(11)2/h3-9,14H,10H2,1-2H3. The molecule has 3 rings (SSSR count). The first-order chi connectivity index (χ1) is 8.66. The molecule has 1 aliphatic rings. The summed E-state index contributed by atoms with van der Waals surface area (Å²) in [6.07, 6.45) is 0.613. The second kappa shape index (κ2) is 4.09. The van der Waals surface area contributed by atoms with Crippen LogP contribution in [0.4, 0.5) is 0 Å². The Balaban J connectivity index is 2.14. The van der Waals surface area contributed by atoms with E-state index in [0.29, 0.717) is 6.42 Å². The maximum Gasteiger partial charge on any atom is 0.164 e. The molecule has 1 atom stereocenters. The lowest BCUT2D eigenvalue weighted by atomic mass is 9.91. The van der Waals surface area contributed by atoms with Crippen molar-refractivity contribution in [3.8, 4) is 0 Å². The summed E-state index contributed by atoms with van der Waals surface area (Å²) in [7, 11) is 0. The molecule has 0 fully saturated rings. The first-order valence-electron chi connectivity index (χ1n) is 6.36. The minimum Gasteiger partial charge on any atom is -0.294 e. The highest BCUT2D eigenvalue weighted by Gasteiger charge is 2.30. The molecule has 0 heterocycles. The number of rotatable bonds is 1. The largest absolute Gasteiger partial charge is 0.294 e. The lowest BCUT2D eigenvalue weighted by Crippen LogP contribution is -1.97. The molecule has 1 heteroatoms. The molecule has 0 N–H and O–H groups in total. The summed E-state index contributed by atoms with van der Waals surface area (Å²) in [5, 5.41) is 0. The number of hydrogen-bond donors (Lipinski definition) is 0. The molecule has 0 bridgehead atoms. The van der Waals surface area contributed by atoms with Crippen LogP contribution < -0.4 is 0 Å². The summed E-state index contributed by atoms with van der Waals surface area (Å²) in [5.41, 5.74) is 5.84. The number of hydrogen-bond acceptors (Lipinski definition) is 1. The molecule has 18 heavy (non-hydrogen) atoms. The van der Waals surface area contributed by atoms with Crippen molar-refractivity contribution in [2.24, 2.45) is 0 Å². The molecule has 1 nitrogen and oxygen atoms in total. The highest BCUT2D eigenvalue weighted by atomic mass is 16.1. The molecule has 0 aromatic heterocycles. The van der Waals surface area contributed by atoms with Gasteiger partial charge in [-0.05, 0) is 42.2 Å². The molecule has 1 unspecified atom stereocenters. The van der Waals surface area contributed by atoms with Gasteiger partial charge in [-0.1, -0.05) is 36.4 Å². The highest BCUT2D eigenvalue weighted by molar-refractivity contribution is 6.02. The summed E-state index contributed by atoms with van der Waals surface area (Å²) < 4.78 is 0. The van der Waals surface area contributed by atoms with Crippen LogP contribution in [0.1, 0.15) is 45.0 Å². The van der Waals surface area contributed by atoms with Crippen LogP contribution in [-0.2, 0) is 0 Å². The normalized spacial score (nSPS) is 17.9. The van der Waals surface area contributed by atoms with Gasteiger partial charge in [-0.25, -0.2) is 0 Å². The van der Waals surface area contributed by atoms with Crippen LogP contribution in [0.5, 0.6) is 0 Å². The Kier molecular flexibility index (Phi) is 2.55. The predicted molar refractivity (Wildman–Crippen MR) is 73.1 cm³/mol. The van der Waals surface area contributed by atoms with Gasteiger partial charge in [0.25, 0.3) is 0 Å². The molecule has 1 aliphatic carbocycles. The average molecular weight is 236 g/mol. The van der Waals surface area contributed by atoms with Crippen LogP contribution in [0, 0.1) is 13.8 Å². The Morgan fingerprint density at radius 3 is 2.39 bits per heavy atom. The van der Waals surface area contributed by atoms with Crippen molar-refractivity contribution in [1.29, 1.82) is 0 Å². The number of aryl methyl sites for hydroxylation is 2. The molecule has 0 aliphatic heterocycles. The number of carbonyl (C=O) groups is 1. The van der Waals surface area contributed by atoms with Gasteiger partial charge in [0.1, 0.15) is 0 Å². The molecule has 90 valence electrons. The Hall–Kier alpha value is -1.89. The van der Waals surface area contributed by atoms with Crippen molar-refractivity contribution >= 4 is 5.78 Å². The fourth-order valence-corrected chi connectivity index (χ4v) is 2.76. The SMILES string of the molecule is Cc1cc2c(cc1C)C(c1ccccc1)CC2=O. The van der Waals surface area contributed by atoms with E-state index >= 15 is 0 Å². The van der Waals surface area contributed by atoms with Crippen LogP contribution in [0.25, 0.3) is 0 Å². The van der Waals surface area contributed by atoms with E-state index in [1.54, 1.807) is 0 Å². The summed E-state index contributed by atoms with van der Waals surface area (Å²) in [5.74, 6) is 0.523. The summed E-state index contributed by atoms with van der Waals surface area (Å²) in [6, 6.07) is 14.6. The third-order valence-corrected chi connectivity index (χ3v) is 3.93. The zero-order valence-electron chi connectivity index (χ0n) is 10.7. The lowest BCUT2D eigenvalue weighted by Gasteiger charge is -2.12. The fourth-order valence-electron chi connectivity index (χ4n) is 2.76. The summed E-state index contributed by atoms with van der Waals surface area (Å²) in [4.78, 5) is 12.1. The van der Waals surface area contributed by atoms with Gasteiger partial charge in [-0.3, -0.25) is 4.79 Å². The van der Waals surface area contributed by atoms with Crippen molar-refractivity contribution in [3.05, 3.63) is 70.3 Å². The minimum absolute atomic E-state index is 0.244. The number of Topliss-reactive ketones (excluding diaryl/α,β-unsaturated/α-hetero) is 1. The van der Waals surface area contributed by atoms with E-state index in [4.69, 9.17) is 0 Å². The first kappa shape index (κ1) is 11.2. The van der Waals surface area contributed by atoms with E-state index in [2.05, 4.69) is 38.1 Å². The highest BCUT2D eigenvalue weighted by Crippen LogP contribution is 2.39. The second-order valence-electron chi connectivity index (χ2n) is 5.11. The fraction of sp³-hybridized carbons (Fsp3) is 0.235. The number of benzene rings is 2. The molecule has 0 saturated carbocycles. The van der Waals surface area contributed by atoms with Gasteiger partial charge in [-0.15, -0.1) is 0 Å². The molecule has 0 spiro atoms. The van der Waals surface area contributed by atoms with Crippen LogP contribution in [0.3, 0.4) is 0 Å². The maximum absolute atomic E-state index is 12.1. The topological polar surface area (TPSA) is 17.1 Å². The van der Waals surface area contributed by atoms with Gasteiger partial charge in [0.2, 0.25) is 0 Å². The van der Waals surface area contributed by atoms with Crippen LogP contribution in [0.15, 0.2) is 42.5 Å². The van der Waals surface area contributed by atoms with Crippen LogP contribution in [-0.4, -0.2) is 5.78 Å². The quantitative estimate of drug-likeness (QED) is 0.730. The predicted octanol–water partition coefficient (Wildman–Crippen LogP) is 4.02. The van der Waals surface area contributed by atoms with Crippen molar-refractivity contribution in [1.82, 2.24) is 0 Å². The molecule has 0 radical (unpaired) electrons. The first-order valence-corrected chi connectivity index (χ1v) is 6.36. The third kappa shape index (κ3) is 1.67. The van der Waals surface area contributed by atoms with Gasteiger partial charge in [0.05, 0.1) is 0 Å². The molecule has 2 aromatic carbocycles. The van der Waals surface area contributed by atoms with Gasteiger partial charge in [0, 0.05) is 17.9 Å². The van der Waals surface area contributed by atoms with E-state index in [1.165, 1.54) is 22.3 Å². The molecular weight excluding hydrogens is 220 g/mol.